The summed E-state index contributed by atoms with van der Waals surface area (Å²) in [4.78, 5) is 37.6. The van der Waals surface area contributed by atoms with E-state index in [-0.39, 0.29) is 38.0 Å². The molecule has 2 aliphatic heterocycles. The monoisotopic (exact) mass is 371 g/mol. The zero-order valence-electron chi connectivity index (χ0n) is 14.3. The number of amides is 4. The lowest BCUT2D eigenvalue weighted by Crippen LogP contribution is -2.31. The van der Waals surface area contributed by atoms with Gasteiger partial charge < -0.3 is 24.5 Å². The van der Waals surface area contributed by atoms with Crippen molar-refractivity contribution in [2.24, 2.45) is 0 Å². The molecule has 9 heteroatoms. The molecule has 1 saturated heterocycles. The Hall–Kier alpha value is -3.49. The number of urea groups is 1. The van der Waals surface area contributed by atoms with Crippen LogP contribution in [0.2, 0.25) is 0 Å². The van der Waals surface area contributed by atoms with Gasteiger partial charge in [0.15, 0.2) is 11.5 Å². The third-order valence-electron chi connectivity index (χ3n) is 4.32. The van der Waals surface area contributed by atoms with Crippen LogP contribution in [-0.4, -0.2) is 35.6 Å². The number of furan rings is 1. The summed E-state index contributed by atoms with van der Waals surface area (Å²) in [5.41, 5.74) is 0.575. The third-order valence-corrected chi connectivity index (χ3v) is 4.32. The van der Waals surface area contributed by atoms with Crippen molar-refractivity contribution in [1.82, 2.24) is 10.2 Å². The Labute approximate surface area is 154 Å². The average molecular weight is 371 g/mol. The van der Waals surface area contributed by atoms with Crippen LogP contribution in [0.25, 0.3) is 0 Å². The number of nitrogens with zero attached hydrogens (tertiary/aromatic N) is 1. The minimum absolute atomic E-state index is 0.0670. The minimum Gasteiger partial charge on any atom is -0.467 e. The molecule has 2 aromatic rings. The number of carbonyl (C=O) groups is 3. The highest BCUT2D eigenvalue weighted by molar-refractivity contribution is 6.04. The van der Waals surface area contributed by atoms with E-state index in [0.717, 1.165) is 4.90 Å². The van der Waals surface area contributed by atoms with Crippen LogP contribution in [0.3, 0.4) is 0 Å². The average Bonchev–Trinajstić information content (AvgIpc) is 3.37. The number of imide groups is 1. The van der Waals surface area contributed by atoms with E-state index in [2.05, 4.69) is 10.6 Å². The first-order valence-corrected chi connectivity index (χ1v) is 8.44. The second-order valence-electron chi connectivity index (χ2n) is 6.16. The van der Waals surface area contributed by atoms with E-state index in [1.165, 1.54) is 6.26 Å². The number of carbonyl (C=O) groups excluding carboxylic acids is 3. The maximum atomic E-state index is 12.4. The first-order chi connectivity index (χ1) is 13.1. The predicted octanol–water partition coefficient (Wildman–Crippen LogP) is 1.85. The molecule has 0 spiro atoms. The fourth-order valence-corrected chi connectivity index (χ4v) is 2.95. The van der Waals surface area contributed by atoms with Gasteiger partial charge in [-0.15, -0.1) is 0 Å². The van der Waals surface area contributed by atoms with Gasteiger partial charge in [0.2, 0.25) is 12.7 Å². The van der Waals surface area contributed by atoms with Crippen LogP contribution >= 0.6 is 0 Å². The molecule has 4 rings (SSSR count). The van der Waals surface area contributed by atoms with Crippen LogP contribution in [0.4, 0.5) is 10.5 Å². The molecule has 140 valence electrons. The van der Waals surface area contributed by atoms with Gasteiger partial charge in [-0.25, -0.2) is 4.79 Å². The first kappa shape index (κ1) is 17.0. The van der Waals surface area contributed by atoms with E-state index in [4.69, 9.17) is 13.9 Å². The third kappa shape index (κ3) is 3.57. The molecule has 0 bridgehead atoms. The zero-order chi connectivity index (χ0) is 18.8. The highest BCUT2D eigenvalue weighted by atomic mass is 16.7. The summed E-state index contributed by atoms with van der Waals surface area (Å²) in [5, 5.41) is 5.34. The minimum atomic E-state index is -0.727. The van der Waals surface area contributed by atoms with Crippen molar-refractivity contribution in [3.8, 4) is 11.5 Å². The molecule has 2 aliphatic rings. The normalized spacial score (nSPS) is 17.9. The van der Waals surface area contributed by atoms with E-state index >= 15 is 0 Å². The lowest BCUT2D eigenvalue weighted by atomic mass is 10.1. The number of nitrogens with one attached hydrogen (secondary N) is 2. The maximum Gasteiger partial charge on any atom is 0.325 e. The van der Waals surface area contributed by atoms with Crippen molar-refractivity contribution in [2.45, 2.75) is 25.4 Å². The largest absolute Gasteiger partial charge is 0.467 e. The van der Waals surface area contributed by atoms with Gasteiger partial charge in [-0.1, -0.05) is 0 Å². The molecule has 0 aliphatic carbocycles. The number of anilines is 1. The van der Waals surface area contributed by atoms with Crippen LogP contribution < -0.4 is 20.1 Å². The first-order valence-electron chi connectivity index (χ1n) is 8.44. The molecular weight excluding hydrogens is 354 g/mol. The van der Waals surface area contributed by atoms with Crippen molar-refractivity contribution in [3.63, 3.8) is 0 Å². The Morgan fingerprint density at radius 1 is 1.22 bits per heavy atom. The molecule has 9 nitrogen and oxygen atoms in total. The lowest BCUT2D eigenvalue weighted by Gasteiger charge is -2.11. The molecule has 0 radical (unpaired) electrons. The second-order valence-corrected chi connectivity index (χ2v) is 6.16. The molecule has 4 amide bonds. The lowest BCUT2D eigenvalue weighted by molar-refractivity contribution is -0.128. The molecule has 27 heavy (non-hydrogen) atoms. The summed E-state index contributed by atoms with van der Waals surface area (Å²) in [5.74, 6) is 1.08. The molecule has 1 atom stereocenters. The molecule has 0 unspecified atom stereocenters. The molecule has 1 aromatic heterocycles. The van der Waals surface area contributed by atoms with Crippen molar-refractivity contribution >= 4 is 23.5 Å². The number of fused-ring (bicyclic) bond motifs is 1. The molecule has 0 saturated carbocycles. The number of hydrogen-bond acceptors (Lipinski definition) is 6. The fourth-order valence-electron chi connectivity index (χ4n) is 2.95. The van der Waals surface area contributed by atoms with Gasteiger partial charge in [-0.3, -0.25) is 14.5 Å². The summed E-state index contributed by atoms with van der Waals surface area (Å²) in [6.45, 7) is 0.224. The SMILES string of the molecule is O=C(CC[C@H]1NC(=O)N(Cc2ccco2)C1=O)Nc1ccc2c(c1)OCO2. The quantitative estimate of drug-likeness (QED) is 0.750. The predicted molar refractivity (Wildman–Crippen MR) is 92.0 cm³/mol. The van der Waals surface area contributed by atoms with Gasteiger partial charge in [0.05, 0.1) is 12.8 Å². The summed E-state index contributed by atoms with van der Waals surface area (Å²) in [6, 6.07) is 7.25. The molecule has 1 fully saturated rings. The van der Waals surface area contributed by atoms with Crippen LogP contribution in [0, 0.1) is 0 Å². The van der Waals surface area contributed by atoms with Gasteiger partial charge in [0, 0.05) is 18.2 Å². The van der Waals surface area contributed by atoms with Crippen molar-refractivity contribution in [3.05, 3.63) is 42.4 Å². The van der Waals surface area contributed by atoms with Crippen molar-refractivity contribution in [1.29, 1.82) is 0 Å². The summed E-state index contributed by atoms with van der Waals surface area (Å²) < 4.78 is 15.6. The number of rotatable bonds is 6. The topological polar surface area (TPSA) is 110 Å². The van der Waals surface area contributed by atoms with Crippen molar-refractivity contribution in [2.75, 3.05) is 12.1 Å². The highest BCUT2D eigenvalue weighted by Crippen LogP contribution is 2.34. The second kappa shape index (κ2) is 7.02. The Kier molecular flexibility index (Phi) is 4.41. The van der Waals surface area contributed by atoms with Gasteiger partial charge in [0.25, 0.3) is 5.91 Å². The Balaban J connectivity index is 1.30. The standard InChI is InChI=1S/C18H17N3O6/c22-16(19-11-3-5-14-15(8-11)27-10-26-14)6-4-13-17(23)21(18(24)20-13)9-12-2-1-7-25-12/h1-3,5,7-8,13H,4,6,9-10H2,(H,19,22)(H,20,24)/t13-/m1/s1. The fraction of sp³-hybridized carbons (Fsp3) is 0.278. The maximum absolute atomic E-state index is 12.4. The van der Waals surface area contributed by atoms with Gasteiger partial charge in [-0.2, -0.15) is 0 Å². The van der Waals surface area contributed by atoms with Crippen molar-refractivity contribution < 1.29 is 28.3 Å². The number of ether oxygens (including phenoxy) is 2. The Bertz CT molecular complexity index is 879. The van der Waals surface area contributed by atoms with E-state index in [1.807, 2.05) is 0 Å². The number of benzene rings is 1. The summed E-state index contributed by atoms with van der Waals surface area (Å²) in [7, 11) is 0. The number of hydrogen-bond donors (Lipinski definition) is 2. The van der Waals surface area contributed by atoms with Crippen LogP contribution in [0.15, 0.2) is 41.0 Å². The summed E-state index contributed by atoms with van der Waals surface area (Å²) >= 11 is 0. The zero-order valence-corrected chi connectivity index (χ0v) is 14.3. The van der Waals surface area contributed by atoms with E-state index in [1.54, 1.807) is 30.3 Å². The van der Waals surface area contributed by atoms with Crippen LogP contribution in [0.1, 0.15) is 18.6 Å². The van der Waals surface area contributed by atoms with Crippen LogP contribution in [0.5, 0.6) is 11.5 Å². The van der Waals surface area contributed by atoms with E-state index in [0.29, 0.717) is 22.9 Å². The smallest absolute Gasteiger partial charge is 0.325 e. The Morgan fingerprint density at radius 2 is 2.07 bits per heavy atom. The molecule has 1 aromatic carbocycles. The molecule has 3 heterocycles. The van der Waals surface area contributed by atoms with Gasteiger partial charge in [-0.05, 0) is 30.7 Å². The highest BCUT2D eigenvalue weighted by Gasteiger charge is 2.38. The van der Waals surface area contributed by atoms with E-state index in [9.17, 15) is 14.4 Å². The van der Waals surface area contributed by atoms with Gasteiger partial charge in [0.1, 0.15) is 11.8 Å². The Morgan fingerprint density at radius 3 is 2.89 bits per heavy atom. The van der Waals surface area contributed by atoms with Crippen LogP contribution in [-0.2, 0) is 16.1 Å². The summed E-state index contributed by atoms with van der Waals surface area (Å²) in [6.07, 6.45) is 1.76. The van der Waals surface area contributed by atoms with E-state index < -0.39 is 12.1 Å². The van der Waals surface area contributed by atoms with Gasteiger partial charge >= 0.3 is 6.03 Å². The molecular formula is C18H17N3O6. The molecule has 2 N–H and O–H groups in total.